The van der Waals surface area contributed by atoms with Crippen LogP contribution in [0.25, 0.3) is 16.7 Å². The fourth-order valence-corrected chi connectivity index (χ4v) is 4.02. The van der Waals surface area contributed by atoms with E-state index < -0.39 is 5.60 Å². The lowest BCUT2D eigenvalue weighted by Crippen LogP contribution is -2.41. The Labute approximate surface area is 181 Å². The van der Waals surface area contributed by atoms with Gasteiger partial charge in [0.15, 0.2) is 5.65 Å². The van der Waals surface area contributed by atoms with Gasteiger partial charge in [-0.25, -0.2) is 14.3 Å². The number of hydrogen-bond donors (Lipinski definition) is 1. The van der Waals surface area contributed by atoms with Crippen molar-refractivity contribution in [3.05, 3.63) is 39.9 Å². The summed E-state index contributed by atoms with van der Waals surface area (Å²) in [5, 5.41) is 5.57. The highest BCUT2D eigenvalue weighted by Crippen LogP contribution is 2.30. The Morgan fingerprint density at radius 2 is 1.81 bits per heavy atom. The summed E-state index contributed by atoms with van der Waals surface area (Å²) >= 11 is 0. The van der Waals surface area contributed by atoms with Crippen LogP contribution in [0.15, 0.2) is 23.0 Å². The van der Waals surface area contributed by atoms with Crippen molar-refractivity contribution < 1.29 is 9.53 Å². The van der Waals surface area contributed by atoms with E-state index in [9.17, 15) is 9.59 Å². The maximum atomic E-state index is 12.4. The Morgan fingerprint density at radius 1 is 1.13 bits per heavy atom. The fraction of sp³-hybridized carbons (Fsp3) is 0.565. The smallest absolute Gasteiger partial charge is 0.410 e. The van der Waals surface area contributed by atoms with Gasteiger partial charge in [0.2, 0.25) is 0 Å². The number of amides is 1. The Morgan fingerprint density at radius 3 is 2.42 bits per heavy atom. The molecule has 1 amide bonds. The van der Waals surface area contributed by atoms with Crippen LogP contribution in [0.5, 0.6) is 0 Å². The molecule has 1 aliphatic heterocycles. The number of hydrogen-bond acceptors (Lipinski definition) is 5. The summed E-state index contributed by atoms with van der Waals surface area (Å²) in [6.45, 7) is 13.1. The normalized spacial score (nSPS) is 16.3. The highest BCUT2D eigenvalue weighted by atomic mass is 16.6. The Hall–Kier alpha value is -2.90. The van der Waals surface area contributed by atoms with Gasteiger partial charge in [-0.15, -0.1) is 5.10 Å². The number of likely N-dealkylation sites (tertiary alicyclic amines) is 1. The molecule has 3 aromatic rings. The van der Waals surface area contributed by atoms with E-state index in [2.05, 4.69) is 25.8 Å². The topological polar surface area (TPSA) is 92.6 Å². The van der Waals surface area contributed by atoms with Crippen molar-refractivity contribution in [1.29, 1.82) is 0 Å². The maximum Gasteiger partial charge on any atom is 0.410 e. The minimum atomic E-state index is -0.513. The monoisotopic (exact) mass is 425 g/mol. The molecule has 0 bridgehead atoms. The lowest BCUT2D eigenvalue weighted by Gasteiger charge is -2.33. The molecule has 4 heterocycles. The molecule has 0 spiro atoms. The number of H-pyrrole nitrogens is 1. The van der Waals surface area contributed by atoms with Crippen LogP contribution in [-0.2, 0) is 10.2 Å². The number of ether oxygens (including phenoxy) is 1. The van der Waals surface area contributed by atoms with Gasteiger partial charge in [0.25, 0.3) is 5.56 Å². The van der Waals surface area contributed by atoms with Crippen LogP contribution in [-0.4, -0.2) is 49.3 Å². The summed E-state index contributed by atoms with van der Waals surface area (Å²) in [6.07, 6.45) is 1.20. The zero-order valence-corrected chi connectivity index (χ0v) is 19.2. The first kappa shape index (κ1) is 21.3. The third-order valence-corrected chi connectivity index (χ3v) is 5.64. The molecule has 0 saturated carbocycles. The molecule has 1 aliphatic rings. The minimum absolute atomic E-state index is 0.0886. The largest absolute Gasteiger partial charge is 0.444 e. The van der Waals surface area contributed by atoms with Gasteiger partial charge >= 0.3 is 6.09 Å². The summed E-state index contributed by atoms with van der Waals surface area (Å²) < 4.78 is 7.31. The molecule has 1 fully saturated rings. The number of piperidine rings is 1. The second kappa shape index (κ2) is 7.35. The molecule has 0 unspecified atom stereocenters. The number of carbonyl (C=O) groups excluding carboxylic acids is 1. The van der Waals surface area contributed by atoms with E-state index in [0.717, 1.165) is 29.6 Å². The van der Waals surface area contributed by atoms with E-state index in [4.69, 9.17) is 14.8 Å². The molecule has 0 aromatic carbocycles. The number of rotatable bonds is 1. The highest BCUT2D eigenvalue weighted by Gasteiger charge is 2.29. The SMILES string of the molecule is CC(C)(C)OC(=O)N1CCC(c2cc(=O)[nH]c3c4ccc(C(C)(C)C)nc4nn23)CC1. The lowest BCUT2D eigenvalue weighted by molar-refractivity contribution is 0.0203. The van der Waals surface area contributed by atoms with Crippen LogP contribution in [0.1, 0.15) is 71.7 Å². The van der Waals surface area contributed by atoms with Gasteiger partial charge in [-0.05, 0) is 45.7 Å². The molecule has 3 aromatic heterocycles. The summed E-state index contributed by atoms with van der Waals surface area (Å²) in [5.74, 6) is 0.125. The molecule has 166 valence electrons. The van der Waals surface area contributed by atoms with Crippen molar-refractivity contribution in [1.82, 2.24) is 24.5 Å². The minimum Gasteiger partial charge on any atom is -0.444 e. The summed E-state index contributed by atoms with van der Waals surface area (Å²) in [6, 6.07) is 5.60. The molecule has 1 saturated heterocycles. The number of nitrogens with one attached hydrogen (secondary N) is 1. The first-order valence-electron chi connectivity index (χ1n) is 10.8. The van der Waals surface area contributed by atoms with E-state index in [-0.39, 0.29) is 23.0 Å². The molecule has 1 N–H and O–H groups in total. The molecule has 31 heavy (non-hydrogen) atoms. The van der Waals surface area contributed by atoms with E-state index >= 15 is 0 Å². The molecule has 4 rings (SSSR count). The predicted molar refractivity (Wildman–Crippen MR) is 120 cm³/mol. The van der Waals surface area contributed by atoms with Crippen molar-refractivity contribution in [3.8, 4) is 0 Å². The highest BCUT2D eigenvalue weighted by molar-refractivity contribution is 5.89. The number of carbonyl (C=O) groups is 1. The molecule has 0 aliphatic carbocycles. The average molecular weight is 426 g/mol. The molecular weight excluding hydrogens is 394 g/mol. The Balaban J connectivity index is 1.65. The first-order valence-corrected chi connectivity index (χ1v) is 10.8. The van der Waals surface area contributed by atoms with Crippen molar-refractivity contribution in [3.63, 3.8) is 0 Å². The van der Waals surface area contributed by atoms with Crippen LogP contribution in [0.2, 0.25) is 0 Å². The van der Waals surface area contributed by atoms with Gasteiger partial charge in [-0.1, -0.05) is 20.8 Å². The average Bonchev–Trinajstić information content (AvgIpc) is 3.03. The van der Waals surface area contributed by atoms with E-state index in [0.29, 0.717) is 24.4 Å². The van der Waals surface area contributed by atoms with Crippen molar-refractivity contribution in [2.45, 2.75) is 71.3 Å². The van der Waals surface area contributed by atoms with Gasteiger partial charge in [0.1, 0.15) is 11.2 Å². The van der Waals surface area contributed by atoms with Crippen molar-refractivity contribution in [2.24, 2.45) is 0 Å². The van der Waals surface area contributed by atoms with Gasteiger partial charge in [0.05, 0.1) is 11.1 Å². The van der Waals surface area contributed by atoms with Crippen molar-refractivity contribution >= 4 is 22.8 Å². The van der Waals surface area contributed by atoms with Gasteiger partial charge < -0.3 is 14.6 Å². The molecule has 8 heteroatoms. The number of pyridine rings is 1. The van der Waals surface area contributed by atoms with Crippen LogP contribution in [0.3, 0.4) is 0 Å². The maximum absolute atomic E-state index is 12.4. The fourth-order valence-electron chi connectivity index (χ4n) is 4.02. The number of fused-ring (bicyclic) bond motifs is 3. The number of aromatic amines is 1. The third-order valence-electron chi connectivity index (χ3n) is 5.64. The Kier molecular flexibility index (Phi) is 5.06. The van der Waals surface area contributed by atoms with Crippen LogP contribution in [0, 0.1) is 0 Å². The molecule has 0 atom stereocenters. The second-order valence-corrected chi connectivity index (χ2v) is 10.4. The first-order chi connectivity index (χ1) is 14.4. The number of nitrogens with zero attached hydrogens (tertiary/aromatic N) is 4. The summed E-state index contributed by atoms with van der Waals surface area (Å²) in [7, 11) is 0. The van der Waals surface area contributed by atoms with Gasteiger partial charge in [-0.3, -0.25) is 4.79 Å². The zero-order valence-electron chi connectivity index (χ0n) is 19.2. The summed E-state index contributed by atoms with van der Waals surface area (Å²) in [4.78, 5) is 34.2. The van der Waals surface area contributed by atoms with Crippen LogP contribution >= 0.6 is 0 Å². The zero-order chi connectivity index (χ0) is 22.6. The van der Waals surface area contributed by atoms with Crippen LogP contribution in [0.4, 0.5) is 4.79 Å². The van der Waals surface area contributed by atoms with Gasteiger partial charge in [0, 0.05) is 36.2 Å². The summed E-state index contributed by atoms with van der Waals surface area (Å²) in [5.41, 5.74) is 2.35. The lowest BCUT2D eigenvalue weighted by atomic mass is 9.91. The standard InChI is InChI=1S/C23H31N5O3/c1-22(2,3)17-8-7-15-19(24-17)26-28-16(13-18(29)25-20(15)28)14-9-11-27(12-10-14)21(30)31-23(4,5)6/h7-8,13-14H,9-12H2,1-6H3,(H,25,29). The third kappa shape index (κ3) is 4.29. The molecular formula is C23H31N5O3. The van der Waals surface area contributed by atoms with Gasteiger partial charge in [-0.2, -0.15) is 0 Å². The second-order valence-electron chi connectivity index (χ2n) is 10.4. The van der Waals surface area contributed by atoms with E-state index in [1.165, 1.54) is 0 Å². The van der Waals surface area contributed by atoms with Crippen molar-refractivity contribution in [2.75, 3.05) is 13.1 Å². The van der Waals surface area contributed by atoms with E-state index in [1.807, 2.05) is 37.4 Å². The Bertz CT molecular complexity index is 1190. The quantitative estimate of drug-likeness (QED) is 0.637. The number of aromatic nitrogens is 4. The molecule has 0 radical (unpaired) electrons. The molecule has 8 nitrogen and oxygen atoms in total. The predicted octanol–water partition coefficient (Wildman–Crippen LogP) is 3.98. The van der Waals surface area contributed by atoms with E-state index in [1.54, 1.807) is 11.0 Å². The van der Waals surface area contributed by atoms with Crippen LogP contribution < -0.4 is 5.56 Å².